The lowest BCUT2D eigenvalue weighted by molar-refractivity contribution is -0.129. The van der Waals surface area contributed by atoms with Crippen LogP contribution in [0.2, 0.25) is 5.02 Å². The highest BCUT2D eigenvalue weighted by Crippen LogP contribution is 2.40. The van der Waals surface area contributed by atoms with Crippen molar-refractivity contribution in [2.24, 2.45) is 5.41 Å². The molecule has 0 saturated carbocycles. The highest BCUT2D eigenvalue weighted by Gasteiger charge is 2.26. The maximum absolute atomic E-state index is 12.0. The topological polar surface area (TPSA) is 63.6 Å². The van der Waals surface area contributed by atoms with Crippen LogP contribution in [0.1, 0.15) is 50.4 Å². The second-order valence-electron chi connectivity index (χ2n) is 6.64. The van der Waals surface area contributed by atoms with Gasteiger partial charge in [0.15, 0.2) is 0 Å². The lowest BCUT2D eigenvalue weighted by Gasteiger charge is -2.32. The van der Waals surface area contributed by atoms with Gasteiger partial charge >= 0.3 is 11.9 Å². The maximum atomic E-state index is 12.0. The van der Waals surface area contributed by atoms with Crippen LogP contribution in [0.4, 0.5) is 0 Å². The summed E-state index contributed by atoms with van der Waals surface area (Å²) in [5, 5.41) is 8.99. The molecule has 1 N–H and O–H groups in total. The Labute approximate surface area is 146 Å². The van der Waals surface area contributed by atoms with Crippen molar-refractivity contribution in [3.63, 3.8) is 0 Å². The highest BCUT2D eigenvalue weighted by atomic mass is 35.5. The van der Waals surface area contributed by atoms with Gasteiger partial charge < -0.3 is 9.84 Å². The van der Waals surface area contributed by atoms with Crippen LogP contribution >= 0.6 is 11.6 Å². The van der Waals surface area contributed by atoms with Crippen LogP contribution in [0.3, 0.4) is 0 Å². The third-order valence-electron chi connectivity index (χ3n) is 4.32. The molecule has 5 heteroatoms. The number of ether oxygens (including phenoxy) is 1. The Morgan fingerprint density at radius 2 is 2.04 bits per heavy atom. The molecule has 0 fully saturated rings. The molecule has 0 radical (unpaired) electrons. The van der Waals surface area contributed by atoms with Gasteiger partial charge in [-0.05, 0) is 55.4 Å². The van der Waals surface area contributed by atoms with Gasteiger partial charge in [0, 0.05) is 6.08 Å². The minimum atomic E-state index is -1.09. The Balaban J connectivity index is 2.12. The van der Waals surface area contributed by atoms with E-state index in [2.05, 4.69) is 20.8 Å². The molecule has 0 bridgehead atoms. The summed E-state index contributed by atoms with van der Waals surface area (Å²) in [7, 11) is 0. The second kappa shape index (κ2) is 7.22. The van der Waals surface area contributed by atoms with Crippen molar-refractivity contribution in [2.45, 2.75) is 40.0 Å². The first-order valence-electron chi connectivity index (χ1n) is 7.83. The number of hydrogen-bond donors (Lipinski definition) is 1. The fourth-order valence-electron chi connectivity index (χ4n) is 3.02. The van der Waals surface area contributed by atoms with Gasteiger partial charge in [-0.3, -0.25) is 0 Å². The molecule has 0 amide bonds. The van der Waals surface area contributed by atoms with E-state index in [-0.39, 0.29) is 21.8 Å². The molecule has 1 aliphatic carbocycles. The van der Waals surface area contributed by atoms with Gasteiger partial charge in [0.05, 0.1) is 10.6 Å². The van der Waals surface area contributed by atoms with Crippen molar-refractivity contribution in [3.05, 3.63) is 52.1 Å². The van der Waals surface area contributed by atoms with Crippen molar-refractivity contribution < 1.29 is 19.4 Å². The highest BCUT2D eigenvalue weighted by molar-refractivity contribution is 6.32. The van der Waals surface area contributed by atoms with E-state index < -0.39 is 11.9 Å². The van der Waals surface area contributed by atoms with Crippen molar-refractivity contribution in [1.29, 1.82) is 0 Å². The quantitative estimate of drug-likeness (QED) is 0.471. The number of benzene rings is 1. The van der Waals surface area contributed by atoms with E-state index in [9.17, 15) is 9.59 Å². The molecule has 0 aromatic heterocycles. The van der Waals surface area contributed by atoms with Gasteiger partial charge in [-0.15, -0.1) is 0 Å². The number of halogens is 1. The number of rotatable bonds is 4. The summed E-state index contributed by atoms with van der Waals surface area (Å²) in [5.74, 6) is -1.48. The first kappa shape index (κ1) is 18.3. The van der Waals surface area contributed by atoms with E-state index in [1.807, 2.05) is 6.08 Å². The lowest BCUT2D eigenvalue weighted by atomic mass is 9.73. The molecule has 0 saturated heterocycles. The Kier molecular flexibility index (Phi) is 5.50. The Morgan fingerprint density at radius 1 is 1.33 bits per heavy atom. The third-order valence-corrected chi connectivity index (χ3v) is 4.61. The van der Waals surface area contributed by atoms with Crippen LogP contribution in [0.5, 0.6) is 5.75 Å². The zero-order valence-corrected chi connectivity index (χ0v) is 14.8. The van der Waals surface area contributed by atoms with E-state index in [1.54, 1.807) is 0 Å². The number of carboxylic acid groups (broad SMARTS) is 1. The molecule has 0 aliphatic heterocycles. The number of hydrogen-bond acceptors (Lipinski definition) is 3. The van der Waals surface area contributed by atoms with Gasteiger partial charge in [0.1, 0.15) is 5.75 Å². The number of allylic oxidation sites excluding steroid dienone is 3. The predicted octanol–water partition coefficient (Wildman–Crippen LogP) is 5.03. The molecule has 0 unspecified atom stereocenters. The summed E-state index contributed by atoms with van der Waals surface area (Å²) in [4.78, 5) is 22.9. The number of aromatic carboxylic acids is 1. The first-order chi connectivity index (χ1) is 11.2. The van der Waals surface area contributed by atoms with Gasteiger partial charge in [0.2, 0.25) is 0 Å². The normalized spacial score (nSPS) is 17.2. The minimum absolute atomic E-state index is 0.0416. The van der Waals surface area contributed by atoms with Gasteiger partial charge in [-0.2, -0.15) is 0 Å². The van der Waals surface area contributed by atoms with Crippen LogP contribution in [-0.4, -0.2) is 17.0 Å². The number of carboxylic acids is 1. The molecule has 1 aromatic rings. The number of carbonyl (C=O) groups excluding carboxylic acids is 1. The van der Waals surface area contributed by atoms with Crippen LogP contribution < -0.4 is 4.74 Å². The zero-order chi connectivity index (χ0) is 17.9. The Morgan fingerprint density at radius 3 is 2.62 bits per heavy atom. The van der Waals surface area contributed by atoms with Crippen LogP contribution in [0.15, 0.2) is 41.5 Å². The molecule has 0 atom stereocenters. The molecular formula is C19H21ClO4. The smallest absolute Gasteiger partial charge is 0.336 e. The zero-order valence-electron chi connectivity index (χ0n) is 14.1. The molecule has 2 rings (SSSR count). The van der Waals surface area contributed by atoms with E-state index in [1.165, 1.54) is 29.8 Å². The molecule has 1 aliphatic rings. The van der Waals surface area contributed by atoms with E-state index in [0.29, 0.717) is 0 Å². The Hall–Kier alpha value is -2.07. The molecule has 0 heterocycles. The van der Waals surface area contributed by atoms with Crippen LogP contribution in [0.25, 0.3) is 0 Å². The number of carbonyl (C=O) groups is 2. The van der Waals surface area contributed by atoms with Gasteiger partial charge in [-0.1, -0.05) is 37.1 Å². The van der Waals surface area contributed by atoms with Crippen molar-refractivity contribution in [3.8, 4) is 5.75 Å². The van der Waals surface area contributed by atoms with Crippen LogP contribution in [-0.2, 0) is 4.79 Å². The molecular weight excluding hydrogens is 328 g/mol. The third kappa shape index (κ3) is 4.26. The summed E-state index contributed by atoms with van der Waals surface area (Å²) in [6.45, 7) is 6.43. The monoisotopic (exact) mass is 348 g/mol. The molecule has 1 aromatic carbocycles. The standard InChI is InChI=1S/C19H21ClO4/c1-12-5-4-10-19(2,3)14(12)7-9-17(21)24-16-8-6-13(18(22)23)11-15(16)20/h6-9,11H,4-5,10H2,1-3H3,(H,22,23). The van der Waals surface area contributed by atoms with Crippen molar-refractivity contribution in [2.75, 3.05) is 0 Å². The van der Waals surface area contributed by atoms with E-state index in [4.69, 9.17) is 21.4 Å². The minimum Gasteiger partial charge on any atom is -0.478 e. The Bertz CT molecular complexity index is 729. The summed E-state index contributed by atoms with van der Waals surface area (Å²) in [5.41, 5.74) is 2.54. The average Bonchev–Trinajstić information content (AvgIpc) is 2.48. The van der Waals surface area contributed by atoms with Gasteiger partial charge in [0.25, 0.3) is 0 Å². The maximum Gasteiger partial charge on any atom is 0.336 e. The fraction of sp³-hybridized carbons (Fsp3) is 0.368. The summed E-state index contributed by atoms with van der Waals surface area (Å²) >= 11 is 5.96. The average molecular weight is 349 g/mol. The fourth-order valence-corrected chi connectivity index (χ4v) is 3.24. The summed E-state index contributed by atoms with van der Waals surface area (Å²) in [6, 6.07) is 3.98. The van der Waals surface area contributed by atoms with Gasteiger partial charge in [-0.25, -0.2) is 9.59 Å². The lowest BCUT2D eigenvalue weighted by Crippen LogP contribution is -2.19. The summed E-state index contributed by atoms with van der Waals surface area (Å²) in [6.07, 6.45) is 6.50. The second-order valence-corrected chi connectivity index (χ2v) is 7.04. The first-order valence-corrected chi connectivity index (χ1v) is 8.21. The summed E-state index contributed by atoms with van der Waals surface area (Å²) < 4.78 is 5.20. The van der Waals surface area contributed by atoms with Crippen molar-refractivity contribution in [1.82, 2.24) is 0 Å². The van der Waals surface area contributed by atoms with E-state index in [0.717, 1.165) is 24.8 Å². The SMILES string of the molecule is CC1=C(C=CC(=O)Oc2ccc(C(=O)O)cc2Cl)C(C)(C)CCC1. The largest absolute Gasteiger partial charge is 0.478 e. The van der Waals surface area contributed by atoms with Crippen LogP contribution in [0, 0.1) is 5.41 Å². The predicted molar refractivity (Wildman–Crippen MR) is 93.5 cm³/mol. The molecule has 4 nitrogen and oxygen atoms in total. The molecule has 24 heavy (non-hydrogen) atoms. The van der Waals surface area contributed by atoms with E-state index >= 15 is 0 Å². The molecule has 0 spiro atoms. The number of esters is 1. The molecule has 128 valence electrons. The van der Waals surface area contributed by atoms with Crippen molar-refractivity contribution >= 4 is 23.5 Å².